The van der Waals surface area contributed by atoms with Crippen molar-refractivity contribution in [2.75, 3.05) is 26.6 Å². The second-order valence-corrected chi connectivity index (χ2v) is 4.83. The highest BCUT2D eigenvalue weighted by Crippen LogP contribution is 2.38. The van der Waals surface area contributed by atoms with Crippen molar-refractivity contribution < 1.29 is 14.2 Å². The zero-order valence-electron chi connectivity index (χ0n) is 12.3. The van der Waals surface area contributed by atoms with E-state index < -0.39 is 0 Å². The van der Waals surface area contributed by atoms with E-state index in [2.05, 4.69) is 5.32 Å². The van der Waals surface area contributed by atoms with E-state index in [9.17, 15) is 0 Å². The first kappa shape index (κ1) is 15.3. The molecule has 0 fully saturated rings. The SMILES string of the molecule is COc1cc(CNc2cccc(Cl)c2)cc(OC)c1OC. The number of hydrogen-bond donors (Lipinski definition) is 1. The van der Waals surface area contributed by atoms with Gasteiger partial charge in [-0.15, -0.1) is 0 Å². The topological polar surface area (TPSA) is 39.7 Å². The molecule has 0 aliphatic carbocycles. The molecular formula is C16H18ClNO3. The lowest BCUT2D eigenvalue weighted by atomic mass is 10.1. The molecule has 0 spiro atoms. The van der Waals surface area contributed by atoms with Gasteiger partial charge in [0.1, 0.15) is 0 Å². The summed E-state index contributed by atoms with van der Waals surface area (Å²) in [5, 5.41) is 4.00. The fraction of sp³-hybridized carbons (Fsp3) is 0.250. The van der Waals surface area contributed by atoms with Crippen LogP contribution < -0.4 is 19.5 Å². The maximum absolute atomic E-state index is 5.96. The van der Waals surface area contributed by atoms with Gasteiger partial charge in [0.15, 0.2) is 11.5 Å². The third-order valence-electron chi connectivity index (χ3n) is 3.05. The smallest absolute Gasteiger partial charge is 0.203 e. The van der Waals surface area contributed by atoms with E-state index in [0.717, 1.165) is 11.3 Å². The van der Waals surface area contributed by atoms with Crippen LogP contribution in [0.1, 0.15) is 5.56 Å². The van der Waals surface area contributed by atoms with Crippen LogP contribution in [-0.4, -0.2) is 21.3 Å². The minimum absolute atomic E-state index is 0.589. The van der Waals surface area contributed by atoms with Gasteiger partial charge in [-0.2, -0.15) is 0 Å². The molecule has 4 nitrogen and oxygen atoms in total. The number of methoxy groups -OCH3 is 3. The molecule has 2 rings (SSSR count). The Morgan fingerprint density at radius 1 is 0.952 bits per heavy atom. The van der Waals surface area contributed by atoms with Gasteiger partial charge in [-0.1, -0.05) is 17.7 Å². The number of hydrogen-bond acceptors (Lipinski definition) is 4. The van der Waals surface area contributed by atoms with Crippen molar-refractivity contribution in [3.8, 4) is 17.2 Å². The molecule has 0 radical (unpaired) electrons. The lowest BCUT2D eigenvalue weighted by Crippen LogP contribution is -2.02. The molecule has 0 aromatic heterocycles. The Morgan fingerprint density at radius 2 is 1.62 bits per heavy atom. The number of ether oxygens (including phenoxy) is 3. The normalized spacial score (nSPS) is 10.1. The minimum Gasteiger partial charge on any atom is -0.493 e. The summed E-state index contributed by atoms with van der Waals surface area (Å²) in [6, 6.07) is 11.4. The molecule has 0 saturated heterocycles. The molecule has 0 unspecified atom stereocenters. The van der Waals surface area contributed by atoms with Crippen molar-refractivity contribution >= 4 is 17.3 Å². The van der Waals surface area contributed by atoms with Crippen molar-refractivity contribution in [1.29, 1.82) is 0 Å². The Bertz CT molecular complexity index is 591. The van der Waals surface area contributed by atoms with E-state index in [1.807, 2.05) is 36.4 Å². The average Bonchev–Trinajstić information content (AvgIpc) is 2.51. The van der Waals surface area contributed by atoms with E-state index in [0.29, 0.717) is 28.8 Å². The summed E-state index contributed by atoms with van der Waals surface area (Å²) in [5.41, 5.74) is 1.97. The number of anilines is 1. The fourth-order valence-corrected chi connectivity index (χ4v) is 2.23. The summed E-state index contributed by atoms with van der Waals surface area (Å²) in [4.78, 5) is 0. The fourth-order valence-electron chi connectivity index (χ4n) is 2.04. The van der Waals surface area contributed by atoms with Gasteiger partial charge in [0.05, 0.1) is 21.3 Å². The van der Waals surface area contributed by atoms with Crippen molar-refractivity contribution in [3.63, 3.8) is 0 Å². The van der Waals surface area contributed by atoms with Crippen LogP contribution in [0.3, 0.4) is 0 Å². The number of rotatable bonds is 6. The highest BCUT2D eigenvalue weighted by Gasteiger charge is 2.12. The Morgan fingerprint density at radius 3 is 2.14 bits per heavy atom. The molecule has 0 atom stereocenters. The van der Waals surface area contributed by atoms with Crippen molar-refractivity contribution in [2.45, 2.75) is 6.54 Å². The lowest BCUT2D eigenvalue weighted by Gasteiger charge is -2.14. The Hall–Kier alpha value is -2.07. The van der Waals surface area contributed by atoms with Crippen LogP contribution >= 0.6 is 11.6 Å². The van der Waals surface area contributed by atoms with E-state index in [-0.39, 0.29) is 0 Å². The monoisotopic (exact) mass is 307 g/mol. The molecule has 2 aromatic rings. The molecule has 21 heavy (non-hydrogen) atoms. The number of nitrogens with one attached hydrogen (secondary N) is 1. The number of benzene rings is 2. The first-order valence-electron chi connectivity index (χ1n) is 6.46. The Balaban J connectivity index is 2.20. The third kappa shape index (κ3) is 3.73. The summed E-state index contributed by atoms with van der Waals surface area (Å²) >= 11 is 5.96. The molecule has 0 aliphatic heterocycles. The predicted octanol–water partition coefficient (Wildman–Crippen LogP) is 3.98. The summed E-state index contributed by atoms with van der Waals surface area (Å²) in [7, 11) is 4.79. The zero-order valence-corrected chi connectivity index (χ0v) is 13.0. The van der Waals surface area contributed by atoms with Crippen LogP contribution in [0, 0.1) is 0 Å². The standard InChI is InChI=1S/C16H18ClNO3/c1-19-14-7-11(8-15(20-2)16(14)21-3)10-18-13-6-4-5-12(17)9-13/h4-9,18H,10H2,1-3H3. The van der Waals surface area contributed by atoms with Crippen LogP contribution in [0.25, 0.3) is 0 Å². The maximum atomic E-state index is 5.96. The molecule has 5 heteroatoms. The quantitative estimate of drug-likeness (QED) is 0.876. The minimum atomic E-state index is 0.589. The molecule has 0 heterocycles. The van der Waals surface area contributed by atoms with Gasteiger partial charge < -0.3 is 19.5 Å². The van der Waals surface area contributed by atoms with E-state index in [1.54, 1.807) is 21.3 Å². The van der Waals surface area contributed by atoms with Crippen LogP contribution in [-0.2, 0) is 6.54 Å². The van der Waals surface area contributed by atoms with E-state index >= 15 is 0 Å². The van der Waals surface area contributed by atoms with Gasteiger partial charge in [0.25, 0.3) is 0 Å². The molecule has 0 aliphatic rings. The molecule has 2 aromatic carbocycles. The van der Waals surface area contributed by atoms with E-state index in [4.69, 9.17) is 25.8 Å². The van der Waals surface area contributed by atoms with Crippen molar-refractivity contribution in [3.05, 3.63) is 47.0 Å². The third-order valence-corrected chi connectivity index (χ3v) is 3.28. The molecular weight excluding hydrogens is 290 g/mol. The highest BCUT2D eigenvalue weighted by atomic mass is 35.5. The Labute approximate surface area is 129 Å². The van der Waals surface area contributed by atoms with E-state index in [1.165, 1.54) is 0 Å². The van der Waals surface area contributed by atoms with Gasteiger partial charge in [0.2, 0.25) is 5.75 Å². The second-order valence-electron chi connectivity index (χ2n) is 4.40. The molecule has 1 N–H and O–H groups in total. The summed E-state index contributed by atoms with van der Waals surface area (Å²) in [6.07, 6.45) is 0. The molecule has 0 amide bonds. The molecule has 0 saturated carbocycles. The largest absolute Gasteiger partial charge is 0.493 e. The summed E-state index contributed by atoms with van der Waals surface area (Å²) in [5.74, 6) is 1.87. The van der Waals surface area contributed by atoms with Crippen LogP contribution in [0.2, 0.25) is 5.02 Å². The summed E-state index contributed by atoms with van der Waals surface area (Å²) < 4.78 is 16.0. The van der Waals surface area contributed by atoms with Crippen molar-refractivity contribution in [2.24, 2.45) is 0 Å². The second kappa shape index (κ2) is 7.09. The van der Waals surface area contributed by atoms with Gasteiger partial charge >= 0.3 is 0 Å². The lowest BCUT2D eigenvalue weighted by molar-refractivity contribution is 0.324. The van der Waals surface area contributed by atoms with Gasteiger partial charge in [-0.05, 0) is 35.9 Å². The predicted molar refractivity (Wildman–Crippen MR) is 84.9 cm³/mol. The van der Waals surface area contributed by atoms with Gasteiger partial charge in [-0.25, -0.2) is 0 Å². The molecule has 0 bridgehead atoms. The van der Waals surface area contributed by atoms with Crippen LogP contribution in [0.4, 0.5) is 5.69 Å². The van der Waals surface area contributed by atoms with Crippen LogP contribution in [0.5, 0.6) is 17.2 Å². The highest BCUT2D eigenvalue weighted by molar-refractivity contribution is 6.30. The van der Waals surface area contributed by atoms with Crippen molar-refractivity contribution in [1.82, 2.24) is 0 Å². The Kier molecular flexibility index (Phi) is 5.17. The first-order chi connectivity index (χ1) is 10.2. The maximum Gasteiger partial charge on any atom is 0.203 e. The zero-order chi connectivity index (χ0) is 15.2. The molecule has 112 valence electrons. The van der Waals surface area contributed by atoms with Crippen LogP contribution in [0.15, 0.2) is 36.4 Å². The van der Waals surface area contributed by atoms with Gasteiger partial charge in [0, 0.05) is 17.3 Å². The first-order valence-corrected chi connectivity index (χ1v) is 6.84. The van der Waals surface area contributed by atoms with Gasteiger partial charge in [-0.3, -0.25) is 0 Å². The summed E-state index contributed by atoms with van der Waals surface area (Å²) in [6.45, 7) is 0.622. The number of halogens is 1. The average molecular weight is 308 g/mol.